The summed E-state index contributed by atoms with van der Waals surface area (Å²) in [6, 6.07) is 0. The van der Waals surface area contributed by atoms with Gasteiger partial charge in [-0.25, -0.2) is 0 Å². The van der Waals surface area contributed by atoms with Crippen molar-refractivity contribution in [3.05, 3.63) is 0 Å². The molecular formula is C3H3I2NOS. The molecule has 1 fully saturated rings. The first-order valence-electron chi connectivity index (χ1n) is 1.97. The molecule has 2 nitrogen and oxygen atoms in total. The molecule has 1 heterocycles. The van der Waals surface area contributed by atoms with Crippen LogP contribution in [0, 0.1) is 0 Å². The summed E-state index contributed by atoms with van der Waals surface area (Å²) in [5.41, 5.74) is 0. The van der Waals surface area contributed by atoms with Crippen LogP contribution in [0.3, 0.4) is 0 Å². The first-order chi connectivity index (χ1) is 3.72. The minimum atomic E-state index is 0.185. The first-order valence-corrected chi connectivity index (χ1v) is 5.17. The first kappa shape index (κ1) is 7.39. The maximum Gasteiger partial charge on any atom is 0.291 e. The van der Waals surface area contributed by atoms with E-state index in [9.17, 15) is 4.79 Å². The Bertz CT molecular complexity index is 120. The van der Waals surface area contributed by atoms with Gasteiger partial charge in [0, 0.05) is 5.75 Å². The Balaban J connectivity index is 2.56. The highest BCUT2D eigenvalue weighted by atomic mass is 127. The number of alkyl halides is 1. The second kappa shape index (κ2) is 2.91. The Morgan fingerprint density at radius 2 is 2.50 bits per heavy atom. The topological polar surface area (TPSA) is 20.3 Å². The van der Waals surface area contributed by atoms with Crippen molar-refractivity contribution in [2.75, 3.05) is 5.75 Å². The summed E-state index contributed by atoms with van der Waals surface area (Å²) in [6.07, 6.45) is 0. The molecule has 46 valence electrons. The molecule has 1 saturated heterocycles. The molecule has 1 aliphatic rings. The lowest BCUT2D eigenvalue weighted by Crippen LogP contribution is -2.15. The van der Waals surface area contributed by atoms with Crippen molar-refractivity contribution in [1.29, 1.82) is 0 Å². The summed E-state index contributed by atoms with van der Waals surface area (Å²) < 4.78 is 2.12. The molecule has 0 saturated carbocycles. The average molecular weight is 355 g/mol. The minimum Gasteiger partial charge on any atom is -0.262 e. The van der Waals surface area contributed by atoms with E-state index < -0.39 is 0 Å². The van der Waals surface area contributed by atoms with E-state index in [1.165, 1.54) is 11.8 Å². The predicted molar refractivity (Wildman–Crippen MR) is 51.5 cm³/mol. The molecule has 1 atom stereocenters. The van der Waals surface area contributed by atoms with E-state index >= 15 is 0 Å². The minimum absolute atomic E-state index is 0.185. The molecule has 1 rings (SSSR count). The summed E-state index contributed by atoms with van der Waals surface area (Å²) >= 11 is 5.67. The van der Waals surface area contributed by atoms with E-state index in [2.05, 4.69) is 22.6 Å². The van der Waals surface area contributed by atoms with Crippen LogP contribution >= 0.6 is 57.2 Å². The third-order valence-corrected chi connectivity index (χ3v) is 5.79. The van der Waals surface area contributed by atoms with E-state index in [1.54, 1.807) is 3.11 Å². The van der Waals surface area contributed by atoms with Crippen molar-refractivity contribution >= 4 is 62.5 Å². The van der Waals surface area contributed by atoms with Crippen molar-refractivity contribution in [2.45, 2.75) is 4.05 Å². The van der Waals surface area contributed by atoms with Gasteiger partial charge in [0.25, 0.3) is 5.24 Å². The molecule has 0 aromatic carbocycles. The highest BCUT2D eigenvalue weighted by Crippen LogP contribution is 2.30. The lowest BCUT2D eigenvalue weighted by atomic mass is 10.8. The molecule has 0 spiro atoms. The van der Waals surface area contributed by atoms with Crippen LogP contribution in [0.4, 0.5) is 4.79 Å². The molecule has 5 heteroatoms. The molecule has 0 N–H and O–H groups in total. The Labute approximate surface area is 79.4 Å². The third-order valence-electron chi connectivity index (χ3n) is 0.765. The molecule has 8 heavy (non-hydrogen) atoms. The second-order valence-corrected chi connectivity index (χ2v) is 4.77. The smallest absolute Gasteiger partial charge is 0.262 e. The Kier molecular flexibility index (Phi) is 2.69. The predicted octanol–water partition coefficient (Wildman–Crippen LogP) is 2.27. The Morgan fingerprint density at radius 3 is 2.62 bits per heavy atom. The van der Waals surface area contributed by atoms with Crippen molar-refractivity contribution in [3.63, 3.8) is 0 Å². The molecule has 0 aromatic heterocycles. The van der Waals surface area contributed by atoms with Crippen molar-refractivity contribution in [3.8, 4) is 0 Å². The van der Waals surface area contributed by atoms with Crippen LogP contribution in [-0.2, 0) is 0 Å². The standard InChI is InChI=1S/C3H3I2NOS/c4-2-1-8-3(7)6(2)5/h2H,1H2. The number of hydrogen-bond donors (Lipinski definition) is 0. The SMILES string of the molecule is O=C1SCC(I)N1I. The van der Waals surface area contributed by atoms with E-state index in [-0.39, 0.29) is 5.24 Å². The highest BCUT2D eigenvalue weighted by Gasteiger charge is 2.27. The number of hydrogen-bond acceptors (Lipinski definition) is 2. The van der Waals surface area contributed by atoms with Gasteiger partial charge in [0.15, 0.2) is 0 Å². The van der Waals surface area contributed by atoms with Crippen LogP contribution in [0.5, 0.6) is 0 Å². The number of thioether (sulfide) groups is 1. The molecule has 0 bridgehead atoms. The molecule has 1 amide bonds. The van der Waals surface area contributed by atoms with E-state index in [0.717, 1.165) is 5.75 Å². The number of rotatable bonds is 0. The number of carbonyl (C=O) groups excluding carboxylic acids is 1. The van der Waals surface area contributed by atoms with Gasteiger partial charge in [0.1, 0.15) is 4.05 Å². The molecule has 0 aromatic rings. The van der Waals surface area contributed by atoms with Crippen LogP contribution in [0.2, 0.25) is 0 Å². The highest BCUT2D eigenvalue weighted by molar-refractivity contribution is 14.1. The molecular weight excluding hydrogens is 352 g/mol. The van der Waals surface area contributed by atoms with Gasteiger partial charge in [0.05, 0.1) is 22.9 Å². The van der Waals surface area contributed by atoms with Crippen LogP contribution in [-0.4, -0.2) is 18.2 Å². The number of amides is 1. The fraction of sp³-hybridized carbons (Fsp3) is 0.667. The monoisotopic (exact) mass is 355 g/mol. The van der Waals surface area contributed by atoms with Crippen LogP contribution < -0.4 is 0 Å². The van der Waals surface area contributed by atoms with E-state index in [4.69, 9.17) is 0 Å². The summed E-state index contributed by atoms with van der Waals surface area (Å²) in [4.78, 5) is 10.7. The zero-order chi connectivity index (χ0) is 6.15. The number of halogens is 2. The maximum absolute atomic E-state index is 10.7. The summed E-state index contributed by atoms with van der Waals surface area (Å²) in [5.74, 6) is 0.933. The van der Waals surface area contributed by atoms with Crippen molar-refractivity contribution in [1.82, 2.24) is 3.11 Å². The lowest BCUT2D eigenvalue weighted by molar-refractivity contribution is 0.253. The van der Waals surface area contributed by atoms with Crippen LogP contribution in [0.1, 0.15) is 0 Å². The zero-order valence-corrected chi connectivity index (χ0v) is 8.94. The van der Waals surface area contributed by atoms with E-state index in [0.29, 0.717) is 4.05 Å². The number of carbonyl (C=O) groups is 1. The normalized spacial score (nSPS) is 29.5. The molecule has 0 radical (unpaired) electrons. The van der Waals surface area contributed by atoms with Gasteiger partial charge in [-0.15, -0.1) is 0 Å². The van der Waals surface area contributed by atoms with Crippen LogP contribution in [0.25, 0.3) is 0 Å². The van der Waals surface area contributed by atoms with Gasteiger partial charge >= 0.3 is 0 Å². The average Bonchev–Trinajstić information content (AvgIpc) is 1.98. The van der Waals surface area contributed by atoms with Crippen molar-refractivity contribution in [2.24, 2.45) is 0 Å². The van der Waals surface area contributed by atoms with Crippen LogP contribution in [0.15, 0.2) is 0 Å². The fourth-order valence-corrected chi connectivity index (χ4v) is 2.92. The molecule has 0 aliphatic carbocycles. The largest absolute Gasteiger partial charge is 0.291 e. The molecule has 1 unspecified atom stereocenters. The number of nitrogens with zero attached hydrogens (tertiary/aromatic N) is 1. The van der Waals surface area contributed by atoms with Gasteiger partial charge in [-0.3, -0.25) is 7.91 Å². The second-order valence-electron chi connectivity index (χ2n) is 1.32. The quantitative estimate of drug-likeness (QED) is 0.288. The summed E-state index contributed by atoms with van der Waals surface area (Å²) in [5, 5.41) is 0.185. The van der Waals surface area contributed by atoms with Crippen molar-refractivity contribution < 1.29 is 4.79 Å². The van der Waals surface area contributed by atoms with Gasteiger partial charge < -0.3 is 0 Å². The van der Waals surface area contributed by atoms with Gasteiger partial charge in [-0.05, 0) is 0 Å². The Hall–Kier alpha value is 1.28. The zero-order valence-electron chi connectivity index (χ0n) is 3.80. The summed E-state index contributed by atoms with van der Waals surface area (Å²) in [7, 11) is 0. The fourth-order valence-electron chi connectivity index (χ4n) is 0.382. The van der Waals surface area contributed by atoms with Gasteiger partial charge in [0.2, 0.25) is 0 Å². The van der Waals surface area contributed by atoms with Gasteiger partial charge in [-0.2, -0.15) is 0 Å². The summed E-state index contributed by atoms with van der Waals surface area (Å²) in [6.45, 7) is 0. The molecule has 1 aliphatic heterocycles. The lowest BCUT2D eigenvalue weighted by Gasteiger charge is -2.06. The Morgan fingerprint density at radius 1 is 1.88 bits per heavy atom. The van der Waals surface area contributed by atoms with Gasteiger partial charge in [-0.1, -0.05) is 34.4 Å². The van der Waals surface area contributed by atoms with E-state index in [1.807, 2.05) is 22.9 Å². The third kappa shape index (κ3) is 1.41. The maximum atomic E-state index is 10.7.